The fourth-order valence-electron chi connectivity index (χ4n) is 2.81. The molecule has 140 valence electrons. The molecule has 1 heterocycles. The molecule has 5 nitrogen and oxygen atoms in total. The summed E-state index contributed by atoms with van der Waals surface area (Å²) in [7, 11) is 0. The molecule has 0 aliphatic carbocycles. The number of carbonyl (C=O) groups is 1. The molecule has 0 atom stereocenters. The van der Waals surface area contributed by atoms with Crippen molar-refractivity contribution in [2.75, 3.05) is 5.32 Å². The maximum atomic E-state index is 12.8. The number of anilines is 1. The summed E-state index contributed by atoms with van der Waals surface area (Å²) in [6.45, 7) is 8.26. The van der Waals surface area contributed by atoms with E-state index in [0.29, 0.717) is 23.8 Å². The third-order valence-corrected chi connectivity index (χ3v) is 4.50. The minimum atomic E-state index is -0.203. The van der Waals surface area contributed by atoms with Gasteiger partial charge in [0.15, 0.2) is 0 Å². The Morgan fingerprint density at radius 1 is 1.15 bits per heavy atom. The lowest BCUT2D eigenvalue weighted by Crippen LogP contribution is -2.14. The van der Waals surface area contributed by atoms with Crippen molar-refractivity contribution >= 4 is 11.6 Å². The SMILES string of the molecule is Cc1noc(C)c1COc1ccccc1C(=O)Nc1cccc(C(C)C)c1. The lowest BCUT2D eigenvalue weighted by Gasteiger charge is -2.13. The van der Waals surface area contributed by atoms with Crippen LogP contribution in [-0.4, -0.2) is 11.1 Å². The molecule has 3 rings (SSSR count). The number of nitrogens with zero attached hydrogens (tertiary/aromatic N) is 1. The first-order chi connectivity index (χ1) is 13.0. The first kappa shape index (κ1) is 18.7. The molecule has 5 heteroatoms. The van der Waals surface area contributed by atoms with Crippen LogP contribution in [0, 0.1) is 13.8 Å². The Labute approximate surface area is 159 Å². The third kappa shape index (κ3) is 4.37. The smallest absolute Gasteiger partial charge is 0.259 e. The van der Waals surface area contributed by atoms with Crippen molar-refractivity contribution in [3.8, 4) is 5.75 Å². The second-order valence-electron chi connectivity index (χ2n) is 6.82. The van der Waals surface area contributed by atoms with Gasteiger partial charge in [0.2, 0.25) is 0 Å². The number of hydrogen-bond acceptors (Lipinski definition) is 4. The predicted molar refractivity (Wildman–Crippen MR) is 105 cm³/mol. The molecule has 27 heavy (non-hydrogen) atoms. The average Bonchev–Trinajstić information content (AvgIpc) is 2.98. The average molecular weight is 364 g/mol. The van der Waals surface area contributed by atoms with E-state index in [-0.39, 0.29) is 5.91 Å². The van der Waals surface area contributed by atoms with E-state index in [2.05, 4.69) is 30.4 Å². The van der Waals surface area contributed by atoms with E-state index in [9.17, 15) is 4.79 Å². The van der Waals surface area contributed by atoms with Gasteiger partial charge in [-0.2, -0.15) is 0 Å². The fourth-order valence-corrected chi connectivity index (χ4v) is 2.81. The predicted octanol–water partition coefficient (Wildman–Crippen LogP) is 5.25. The van der Waals surface area contributed by atoms with Crippen LogP contribution < -0.4 is 10.1 Å². The number of amides is 1. The van der Waals surface area contributed by atoms with E-state index in [1.165, 1.54) is 5.56 Å². The quantitative estimate of drug-likeness (QED) is 0.649. The van der Waals surface area contributed by atoms with Crippen LogP contribution in [-0.2, 0) is 6.61 Å². The number of carbonyl (C=O) groups excluding carboxylic acids is 1. The highest BCUT2D eigenvalue weighted by Gasteiger charge is 2.15. The lowest BCUT2D eigenvalue weighted by molar-refractivity contribution is 0.102. The van der Waals surface area contributed by atoms with Gasteiger partial charge in [-0.05, 0) is 49.6 Å². The molecule has 3 aromatic rings. The highest BCUT2D eigenvalue weighted by Crippen LogP contribution is 2.24. The molecular formula is C22H24N2O3. The van der Waals surface area contributed by atoms with Crippen LogP contribution in [0.25, 0.3) is 0 Å². The molecule has 0 bridgehead atoms. The molecule has 0 fully saturated rings. The largest absolute Gasteiger partial charge is 0.488 e. The molecule has 0 aliphatic heterocycles. The molecule has 0 spiro atoms. The van der Waals surface area contributed by atoms with E-state index < -0.39 is 0 Å². The van der Waals surface area contributed by atoms with Gasteiger partial charge in [0, 0.05) is 5.69 Å². The maximum Gasteiger partial charge on any atom is 0.259 e. The summed E-state index contributed by atoms with van der Waals surface area (Å²) < 4.78 is 11.1. The van der Waals surface area contributed by atoms with Crippen molar-refractivity contribution < 1.29 is 14.1 Å². The van der Waals surface area contributed by atoms with Crippen molar-refractivity contribution in [3.05, 3.63) is 76.7 Å². The minimum absolute atomic E-state index is 0.203. The molecule has 1 aromatic heterocycles. The zero-order valence-electron chi connectivity index (χ0n) is 16.1. The summed E-state index contributed by atoms with van der Waals surface area (Å²) >= 11 is 0. The first-order valence-electron chi connectivity index (χ1n) is 9.00. The van der Waals surface area contributed by atoms with Gasteiger partial charge in [-0.1, -0.05) is 43.3 Å². The molecule has 0 saturated heterocycles. The van der Waals surface area contributed by atoms with Gasteiger partial charge in [0.25, 0.3) is 5.91 Å². The van der Waals surface area contributed by atoms with Crippen LogP contribution in [0.3, 0.4) is 0 Å². The molecule has 0 aliphatic rings. The highest BCUT2D eigenvalue weighted by molar-refractivity contribution is 6.06. The van der Waals surface area contributed by atoms with E-state index in [4.69, 9.17) is 9.26 Å². The van der Waals surface area contributed by atoms with E-state index >= 15 is 0 Å². The van der Waals surface area contributed by atoms with Crippen LogP contribution in [0.1, 0.15) is 52.7 Å². The fraction of sp³-hybridized carbons (Fsp3) is 0.273. The van der Waals surface area contributed by atoms with Crippen molar-refractivity contribution in [2.45, 2.75) is 40.2 Å². The Bertz CT molecular complexity index is 925. The molecule has 1 amide bonds. The van der Waals surface area contributed by atoms with E-state index in [0.717, 1.165) is 22.7 Å². The van der Waals surface area contributed by atoms with E-state index in [1.807, 2.05) is 44.2 Å². The van der Waals surface area contributed by atoms with Gasteiger partial charge in [-0.15, -0.1) is 0 Å². The van der Waals surface area contributed by atoms with Crippen LogP contribution >= 0.6 is 0 Å². The Morgan fingerprint density at radius 3 is 2.63 bits per heavy atom. The number of aromatic nitrogens is 1. The van der Waals surface area contributed by atoms with Crippen LogP contribution in [0.2, 0.25) is 0 Å². The molecule has 0 radical (unpaired) electrons. The Hall–Kier alpha value is -3.08. The topological polar surface area (TPSA) is 64.4 Å². The molecule has 2 aromatic carbocycles. The summed E-state index contributed by atoms with van der Waals surface area (Å²) in [5, 5.41) is 6.89. The molecular weight excluding hydrogens is 340 g/mol. The Kier molecular flexibility index (Phi) is 5.60. The summed E-state index contributed by atoms with van der Waals surface area (Å²) in [4.78, 5) is 12.8. The molecule has 1 N–H and O–H groups in total. The second-order valence-corrected chi connectivity index (χ2v) is 6.82. The van der Waals surface area contributed by atoms with Crippen LogP contribution in [0.5, 0.6) is 5.75 Å². The van der Waals surface area contributed by atoms with Gasteiger partial charge in [0.1, 0.15) is 18.1 Å². The van der Waals surface area contributed by atoms with E-state index in [1.54, 1.807) is 12.1 Å². The normalized spacial score (nSPS) is 10.9. The number of aryl methyl sites for hydroxylation is 2. The Balaban J connectivity index is 1.77. The van der Waals surface area contributed by atoms with Gasteiger partial charge < -0.3 is 14.6 Å². The standard InChI is InChI=1S/C22H24N2O3/c1-14(2)17-8-7-9-18(12-17)23-22(25)19-10-5-6-11-21(19)26-13-20-15(3)24-27-16(20)4/h5-12,14H,13H2,1-4H3,(H,23,25). The van der Waals surface area contributed by atoms with Crippen molar-refractivity contribution in [1.82, 2.24) is 5.16 Å². The maximum absolute atomic E-state index is 12.8. The zero-order valence-corrected chi connectivity index (χ0v) is 16.1. The van der Waals surface area contributed by atoms with Gasteiger partial charge in [0.05, 0.1) is 16.8 Å². The number of benzene rings is 2. The summed E-state index contributed by atoms with van der Waals surface area (Å²) in [6, 6.07) is 15.1. The van der Waals surface area contributed by atoms with Gasteiger partial charge in [-0.3, -0.25) is 4.79 Å². The second kappa shape index (κ2) is 8.08. The van der Waals surface area contributed by atoms with Crippen molar-refractivity contribution in [3.63, 3.8) is 0 Å². The summed E-state index contributed by atoms with van der Waals surface area (Å²) in [5.74, 6) is 1.44. The number of nitrogens with one attached hydrogen (secondary N) is 1. The van der Waals surface area contributed by atoms with Gasteiger partial charge in [-0.25, -0.2) is 0 Å². The van der Waals surface area contributed by atoms with Crippen LogP contribution in [0.15, 0.2) is 53.1 Å². The first-order valence-corrected chi connectivity index (χ1v) is 9.00. The van der Waals surface area contributed by atoms with Crippen molar-refractivity contribution in [1.29, 1.82) is 0 Å². The number of ether oxygens (including phenoxy) is 1. The number of rotatable bonds is 6. The van der Waals surface area contributed by atoms with Gasteiger partial charge >= 0.3 is 0 Å². The van der Waals surface area contributed by atoms with Crippen LogP contribution in [0.4, 0.5) is 5.69 Å². The molecule has 0 saturated carbocycles. The zero-order chi connectivity index (χ0) is 19.4. The third-order valence-electron chi connectivity index (χ3n) is 4.50. The minimum Gasteiger partial charge on any atom is -0.488 e. The monoisotopic (exact) mass is 364 g/mol. The number of para-hydroxylation sites is 1. The number of hydrogen-bond donors (Lipinski definition) is 1. The summed E-state index contributed by atoms with van der Waals surface area (Å²) in [5.41, 5.74) is 4.12. The lowest BCUT2D eigenvalue weighted by atomic mass is 10.0. The molecule has 0 unspecified atom stereocenters. The van der Waals surface area contributed by atoms with Crippen molar-refractivity contribution in [2.24, 2.45) is 0 Å². The Morgan fingerprint density at radius 2 is 1.93 bits per heavy atom. The summed E-state index contributed by atoms with van der Waals surface area (Å²) in [6.07, 6.45) is 0. The highest BCUT2D eigenvalue weighted by atomic mass is 16.5.